The summed E-state index contributed by atoms with van der Waals surface area (Å²) in [6, 6.07) is 4.24. The van der Waals surface area contributed by atoms with E-state index in [0.29, 0.717) is 6.04 Å². The highest BCUT2D eigenvalue weighted by atomic mass is 16.5. The average Bonchev–Trinajstić information content (AvgIpc) is 2.82. The Kier molecular flexibility index (Phi) is 2.91. The molecule has 1 unspecified atom stereocenters. The fourth-order valence-corrected chi connectivity index (χ4v) is 2.65. The zero-order valence-corrected chi connectivity index (χ0v) is 10.8. The summed E-state index contributed by atoms with van der Waals surface area (Å²) < 4.78 is 7.27. The molecule has 2 aromatic rings. The quantitative estimate of drug-likeness (QED) is 0.811. The van der Waals surface area contributed by atoms with Crippen molar-refractivity contribution < 1.29 is 4.74 Å². The van der Waals surface area contributed by atoms with Crippen molar-refractivity contribution in [2.45, 2.75) is 25.3 Å². The molecule has 3 heterocycles. The number of fused-ring (bicyclic) bond motifs is 1. The van der Waals surface area contributed by atoms with E-state index in [2.05, 4.69) is 26.5 Å². The number of hydrogen-bond acceptors (Lipinski definition) is 4. The summed E-state index contributed by atoms with van der Waals surface area (Å²) >= 11 is 0. The number of ether oxygens (including phenoxy) is 1. The van der Waals surface area contributed by atoms with Crippen LogP contribution < -0.4 is 4.74 Å². The van der Waals surface area contributed by atoms with Crippen LogP contribution in [0.3, 0.4) is 0 Å². The van der Waals surface area contributed by atoms with E-state index in [1.165, 1.54) is 12.8 Å². The van der Waals surface area contributed by atoms with Gasteiger partial charge in [0.2, 0.25) is 0 Å². The summed E-state index contributed by atoms with van der Waals surface area (Å²) in [5.74, 6) is 1.85. The van der Waals surface area contributed by atoms with E-state index in [9.17, 15) is 0 Å². The third kappa shape index (κ3) is 1.84. The standard InChI is InChI=1S/C13H18N4O/c1-16-7-4-3-5-11(16)13-15-14-12-9-10(18-2)6-8-17(12)13/h6,8-9,11H,3-5,7H2,1-2H3. The van der Waals surface area contributed by atoms with Crippen LogP contribution in [0.1, 0.15) is 31.1 Å². The van der Waals surface area contributed by atoms with Gasteiger partial charge in [0.1, 0.15) is 5.75 Å². The Morgan fingerprint density at radius 2 is 2.22 bits per heavy atom. The lowest BCUT2D eigenvalue weighted by atomic mass is 10.0. The molecule has 1 saturated heterocycles. The molecule has 0 spiro atoms. The third-order valence-corrected chi connectivity index (χ3v) is 3.71. The lowest BCUT2D eigenvalue weighted by Gasteiger charge is -2.30. The minimum atomic E-state index is 0.377. The minimum Gasteiger partial charge on any atom is -0.497 e. The van der Waals surface area contributed by atoms with Gasteiger partial charge in [-0.3, -0.25) is 9.30 Å². The van der Waals surface area contributed by atoms with Gasteiger partial charge in [0.05, 0.1) is 13.2 Å². The topological polar surface area (TPSA) is 42.7 Å². The van der Waals surface area contributed by atoms with Crippen LogP contribution in [0.4, 0.5) is 0 Å². The van der Waals surface area contributed by atoms with E-state index < -0.39 is 0 Å². The lowest BCUT2D eigenvalue weighted by Crippen LogP contribution is -2.30. The fourth-order valence-electron chi connectivity index (χ4n) is 2.65. The molecule has 18 heavy (non-hydrogen) atoms. The van der Waals surface area contributed by atoms with E-state index in [1.54, 1.807) is 7.11 Å². The molecule has 5 nitrogen and oxygen atoms in total. The molecule has 0 N–H and O–H groups in total. The Labute approximate surface area is 106 Å². The number of hydrogen-bond donors (Lipinski definition) is 0. The Hall–Kier alpha value is -1.62. The van der Waals surface area contributed by atoms with Gasteiger partial charge >= 0.3 is 0 Å². The highest BCUT2D eigenvalue weighted by Gasteiger charge is 2.25. The molecule has 0 amide bonds. The third-order valence-electron chi connectivity index (χ3n) is 3.71. The zero-order chi connectivity index (χ0) is 12.5. The number of nitrogens with zero attached hydrogens (tertiary/aromatic N) is 4. The van der Waals surface area contributed by atoms with Gasteiger partial charge in [0.25, 0.3) is 0 Å². The molecule has 0 aromatic carbocycles. The molecule has 0 radical (unpaired) electrons. The normalized spacial score (nSPS) is 21.3. The molecule has 1 aliphatic heterocycles. The Morgan fingerprint density at radius 3 is 3.00 bits per heavy atom. The summed E-state index contributed by atoms with van der Waals surface area (Å²) in [6.07, 6.45) is 5.69. The van der Waals surface area contributed by atoms with E-state index >= 15 is 0 Å². The van der Waals surface area contributed by atoms with Gasteiger partial charge in [-0.15, -0.1) is 10.2 Å². The molecular formula is C13H18N4O. The van der Waals surface area contributed by atoms with Crippen molar-refractivity contribution in [1.29, 1.82) is 0 Å². The van der Waals surface area contributed by atoms with Crippen LogP contribution in [0.25, 0.3) is 5.65 Å². The monoisotopic (exact) mass is 246 g/mol. The van der Waals surface area contributed by atoms with E-state index in [-0.39, 0.29) is 0 Å². The predicted molar refractivity (Wildman–Crippen MR) is 68.8 cm³/mol. The maximum atomic E-state index is 5.21. The highest BCUT2D eigenvalue weighted by molar-refractivity contribution is 5.44. The molecule has 5 heteroatoms. The second kappa shape index (κ2) is 4.57. The lowest BCUT2D eigenvalue weighted by molar-refractivity contribution is 0.178. The average molecular weight is 246 g/mol. The largest absolute Gasteiger partial charge is 0.497 e. The van der Waals surface area contributed by atoms with Crippen LogP contribution in [-0.4, -0.2) is 40.2 Å². The first kappa shape index (κ1) is 11.5. The Balaban J connectivity index is 2.01. The summed E-state index contributed by atoms with van der Waals surface area (Å²) in [5, 5.41) is 8.60. The van der Waals surface area contributed by atoms with Gasteiger partial charge in [-0.2, -0.15) is 0 Å². The summed E-state index contributed by atoms with van der Waals surface area (Å²) in [6.45, 7) is 1.13. The van der Waals surface area contributed by atoms with Crippen LogP contribution in [0, 0.1) is 0 Å². The summed E-state index contributed by atoms with van der Waals surface area (Å²) in [7, 11) is 3.83. The van der Waals surface area contributed by atoms with Crippen molar-refractivity contribution in [3.05, 3.63) is 24.2 Å². The molecule has 2 aromatic heterocycles. The van der Waals surface area contributed by atoms with Crippen molar-refractivity contribution in [1.82, 2.24) is 19.5 Å². The van der Waals surface area contributed by atoms with Crippen LogP contribution in [-0.2, 0) is 0 Å². The van der Waals surface area contributed by atoms with E-state index in [1.807, 2.05) is 18.3 Å². The first-order chi connectivity index (χ1) is 8.79. The van der Waals surface area contributed by atoms with Gasteiger partial charge in [0.15, 0.2) is 11.5 Å². The molecule has 1 atom stereocenters. The smallest absolute Gasteiger partial charge is 0.164 e. The van der Waals surface area contributed by atoms with Crippen LogP contribution in [0.15, 0.2) is 18.3 Å². The second-order valence-corrected chi connectivity index (χ2v) is 4.85. The summed E-state index contributed by atoms with van der Waals surface area (Å²) in [5.41, 5.74) is 0.850. The maximum Gasteiger partial charge on any atom is 0.164 e. The van der Waals surface area contributed by atoms with Crippen LogP contribution in [0.5, 0.6) is 5.75 Å². The van der Waals surface area contributed by atoms with Crippen LogP contribution >= 0.6 is 0 Å². The molecule has 0 bridgehead atoms. The SMILES string of the molecule is COc1ccn2c(C3CCCCN3C)nnc2c1. The number of methoxy groups -OCH3 is 1. The highest BCUT2D eigenvalue weighted by Crippen LogP contribution is 2.29. The van der Waals surface area contributed by atoms with Crippen molar-refractivity contribution >= 4 is 5.65 Å². The molecule has 96 valence electrons. The summed E-state index contributed by atoms with van der Waals surface area (Å²) in [4.78, 5) is 2.37. The van der Waals surface area contributed by atoms with Crippen molar-refractivity contribution in [2.24, 2.45) is 0 Å². The predicted octanol–water partition coefficient (Wildman–Crippen LogP) is 1.89. The second-order valence-electron chi connectivity index (χ2n) is 4.85. The zero-order valence-electron chi connectivity index (χ0n) is 10.8. The molecule has 0 aliphatic carbocycles. The first-order valence-electron chi connectivity index (χ1n) is 6.38. The number of pyridine rings is 1. The van der Waals surface area contributed by atoms with Crippen molar-refractivity contribution in [2.75, 3.05) is 20.7 Å². The van der Waals surface area contributed by atoms with Gasteiger partial charge < -0.3 is 4.74 Å². The van der Waals surface area contributed by atoms with Crippen molar-refractivity contribution in [3.8, 4) is 5.75 Å². The van der Waals surface area contributed by atoms with Gasteiger partial charge in [-0.1, -0.05) is 6.42 Å². The number of aromatic nitrogens is 3. The minimum absolute atomic E-state index is 0.377. The number of rotatable bonds is 2. The van der Waals surface area contributed by atoms with E-state index in [0.717, 1.165) is 30.2 Å². The van der Waals surface area contributed by atoms with Gasteiger partial charge in [-0.05, 0) is 32.5 Å². The Bertz CT molecular complexity index is 551. The maximum absolute atomic E-state index is 5.21. The fraction of sp³-hybridized carbons (Fsp3) is 0.538. The molecule has 1 aliphatic rings. The number of piperidine rings is 1. The van der Waals surface area contributed by atoms with Crippen molar-refractivity contribution in [3.63, 3.8) is 0 Å². The first-order valence-corrected chi connectivity index (χ1v) is 6.38. The van der Waals surface area contributed by atoms with Crippen LogP contribution in [0.2, 0.25) is 0 Å². The molecule has 0 saturated carbocycles. The molecule has 1 fully saturated rings. The molecular weight excluding hydrogens is 228 g/mol. The van der Waals surface area contributed by atoms with E-state index in [4.69, 9.17) is 4.74 Å². The van der Waals surface area contributed by atoms with Gasteiger partial charge in [-0.25, -0.2) is 0 Å². The number of likely N-dealkylation sites (tertiary alicyclic amines) is 1. The van der Waals surface area contributed by atoms with Gasteiger partial charge in [0, 0.05) is 12.3 Å². The Morgan fingerprint density at radius 1 is 1.33 bits per heavy atom. The molecule has 3 rings (SSSR count).